The van der Waals surface area contributed by atoms with E-state index in [1.807, 2.05) is 0 Å². The molecule has 12 heteroatoms. The van der Waals surface area contributed by atoms with Gasteiger partial charge >= 0.3 is 0 Å². The molecule has 0 aliphatic carbocycles. The molecular formula is C20H15F4N5O2S. The van der Waals surface area contributed by atoms with E-state index in [0.717, 1.165) is 35.3 Å². The molecule has 2 unspecified atom stereocenters. The van der Waals surface area contributed by atoms with Gasteiger partial charge in [0.25, 0.3) is 0 Å². The van der Waals surface area contributed by atoms with Crippen molar-refractivity contribution in [2.75, 3.05) is 23.4 Å². The van der Waals surface area contributed by atoms with E-state index in [9.17, 15) is 17.4 Å². The smallest absolute Gasteiger partial charge is 0.175 e. The lowest BCUT2D eigenvalue weighted by molar-refractivity contribution is 0.412. The molecule has 0 amide bonds. The molecule has 0 spiro atoms. The zero-order chi connectivity index (χ0) is 22.8. The van der Waals surface area contributed by atoms with Gasteiger partial charge in [-0.15, -0.1) is 0 Å². The van der Waals surface area contributed by atoms with E-state index in [2.05, 4.69) is 20.0 Å². The van der Waals surface area contributed by atoms with Crippen LogP contribution in [-0.2, 0) is 11.0 Å². The summed E-state index contributed by atoms with van der Waals surface area (Å²) in [6.45, 7) is 0.00769. The zero-order valence-corrected chi connectivity index (χ0v) is 17.2. The van der Waals surface area contributed by atoms with E-state index in [1.165, 1.54) is 19.5 Å². The van der Waals surface area contributed by atoms with Crippen molar-refractivity contribution < 1.29 is 26.5 Å². The van der Waals surface area contributed by atoms with Gasteiger partial charge in [0.1, 0.15) is 29.1 Å². The number of nitrogens with zero attached hydrogens (tertiary/aromatic N) is 4. The lowest BCUT2D eigenvalue weighted by Gasteiger charge is -2.18. The standard InChI is InChI=1S/C20H15F4N5O2S/c1-31-13-6-11(8-25-9-13)17-10-29(28-26-17)20-15(23)4-5-16(19(20)24)27-32(30)18-7-12(21)2-3-14(18)22/h2-9,17,27H,10H2,1H3. The van der Waals surface area contributed by atoms with Gasteiger partial charge in [-0.1, -0.05) is 5.22 Å². The summed E-state index contributed by atoms with van der Waals surface area (Å²) < 4.78 is 76.6. The first-order chi connectivity index (χ1) is 15.4. The van der Waals surface area contributed by atoms with Crippen LogP contribution in [0.2, 0.25) is 0 Å². The highest BCUT2D eigenvalue weighted by Crippen LogP contribution is 2.35. The molecule has 2 aromatic carbocycles. The molecule has 2 heterocycles. The Labute approximate surface area is 182 Å². The van der Waals surface area contributed by atoms with Crippen LogP contribution < -0.4 is 14.5 Å². The summed E-state index contributed by atoms with van der Waals surface area (Å²) >= 11 is 0. The largest absolute Gasteiger partial charge is 0.495 e. The maximum atomic E-state index is 15.1. The SMILES string of the molecule is COc1cncc(C2CN(c3c(F)ccc(NS(=O)c4cc(F)ccc4F)c3F)N=N2)c1. The van der Waals surface area contributed by atoms with Gasteiger partial charge in [0, 0.05) is 11.8 Å². The second kappa shape index (κ2) is 8.91. The van der Waals surface area contributed by atoms with Crippen molar-refractivity contribution >= 4 is 22.4 Å². The molecule has 0 saturated heterocycles. The predicted octanol–water partition coefficient (Wildman–Crippen LogP) is 4.71. The number of hydrogen-bond acceptors (Lipinski definition) is 6. The number of anilines is 2. The summed E-state index contributed by atoms with van der Waals surface area (Å²) in [5.74, 6) is -3.31. The Balaban J connectivity index is 1.58. The summed E-state index contributed by atoms with van der Waals surface area (Å²) in [6.07, 6.45) is 3.04. The fraction of sp³-hybridized carbons (Fsp3) is 0.150. The monoisotopic (exact) mass is 465 g/mol. The van der Waals surface area contributed by atoms with Crippen molar-refractivity contribution in [3.63, 3.8) is 0 Å². The first kappa shape index (κ1) is 21.7. The number of rotatable bonds is 6. The first-order valence-corrected chi connectivity index (χ1v) is 10.3. The molecule has 2 atom stereocenters. The minimum Gasteiger partial charge on any atom is -0.495 e. The van der Waals surface area contributed by atoms with Gasteiger partial charge in [-0.2, -0.15) is 5.11 Å². The number of methoxy groups -OCH3 is 1. The van der Waals surface area contributed by atoms with Crippen LogP contribution in [0, 0.1) is 23.3 Å². The quantitative estimate of drug-likeness (QED) is 0.535. The van der Waals surface area contributed by atoms with Crippen molar-refractivity contribution in [3.05, 3.63) is 77.6 Å². The van der Waals surface area contributed by atoms with Gasteiger partial charge in [0.15, 0.2) is 22.6 Å². The predicted molar refractivity (Wildman–Crippen MR) is 108 cm³/mol. The Morgan fingerprint density at radius 3 is 2.66 bits per heavy atom. The lowest BCUT2D eigenvalue weighted by atomic mass is 10.1. The molecule has 1 N–H and O–H groups in total. The number of benzene rings is 2. The Hall–Kier alpha value is -3.54. The van der Waals surface area contributed by atoms with Crippen molar-refractivity contribution in [2.45, 2.75) is 10.9 Å². The van der Waals surface area contributed by atoms with Crippen LogP contribution in [0.25, 0.3) is 0 Å². The molecule has 1 aromatic heterocycles. The summed E-state index contributed by atoms with van der Waals surface area (Å²) in [7, 11) is -0.867. The van der Waals surface area contributed by atoms with E-state index in [1.54, 1.807) is 6.07 Å². The summed E-state index contributed by atoms with van der Waals surface area (Å²) in [6, 6.07) is 5.46. The molecule has 0 saturated carbocycles. The van der Waals surface area contributed by atoms with Gasteiger partial charge in [-0.3, -0.25) is 9.71 Å². The highest BCUT2D eigenvalue weighted by atomic mass is 32.2. The van der Waals surface area contributed by atoms with Gasteiger partial charge in [0.05, 0.1) is 30.4 Å². The second-order valence-corrected chi connectivity index (χ2v) is 7.85. The third-order valence-electron chi connectivity index (χ3n) is 4.62. The van der Waals surface area contributed by atoms with E-state index in [0.29, 0.717) is 11.3 Å². The molecule has 0 bridgehead atoms. The molecule has 32 heavy (non-hydrogen) atoms. The maximum Gasteiger partial charge on any atom is 0.175 e. The molecule has 0 radical (unpaired) electrons. The van der Waals surface area contributed by atoms with Crippen LogP contribution in [0.4, 0.5) is 28.9 Å². The van der Waals surface area contributed by atoms with Crippen LogP contribution in [0.3, 0.4) is 0 Å². The van der Waals surface area contributed by atoms with Crippen molar-refractivity contribution in [1.82, 2.24) is 4.98 Å². The molecule has 1 aliphatic rings. The summed E-state index contributed by atoms with van der Waals surface area (Å²) in [5.41, 5.74) is -0.285. The van der Waals surface area contributed by atoms with Crippen molar-refractivity contribution in [3.8, 4) is 5.75 Å². The topological polar surface area (TPSA) is 79.2 Å². The number of halogens is 4. The van der Waals surface area contributed by atoms with E-state index < -0.39 is 50.9 Å². The average Bonchev–Trinajstić information content (AvgIpc) is 3.27. The van der Waals surface area contributed by atoms with Crippen LogP contribution in [0.15, 0.2) is 64.0 Å². The molecule has 7 nitrogen and oxygen atoms in total. The first-order valence-electron chi connectivity index (χ1n) is 9.16. The summed E-state index contributed by atoms with van der Waals surface area (Å²) in [4.78, 5) is 3.52. The van der Waals surface area contributed by atoms with E-state index in [4.69, 9.17) is 4.74 Å². The molecule has 1 aliphatic heterocycles. The molecule has 166 valence electrons. The fourth-order valence-corrected chi connectivity index (χ4v) is 3.96. The zero-order valence-electron chi connectivity index (χ0n) is 16.4. The Morgan fingerprint density at radius 2 is 1.88 bits per heavy atom. The number of nitrogens with one attached hydrogen (secondary N) is 1. The average molecular weight is 465 g/mol. The molecular weight excluding hydrogens is 450 g/mol. The number of hydrogen-bond donors (Lipinski definition) is 1. The van der Waals surface area contributed by atoms with Gasteiger partial charge in [-0.25, -0.2) is 26.8 Å². The molecule has 3 aromatic rings. The van der Waals surface area contributed by atoms with Crippen molar-refractivity contribution in [1.29, 1.82) is 0 Å². The third-order valence-corrected chi connectivity index (χ3v) is 5.74. The minimum atomic E-state index is -2.35. The minimum absolute atomic E-state index is 0.00769. The highest BCUT2D eigenvalue weighted by Gasteiger charge is 2.29. The Morgan fingerprint density at radius 1 is 1.09 bits per heavy atom. The molecule has 0 fully saturated rings. The normalized spacial score (nSPS) is 16.3. The summed E-state index contributed by atoms with van der Waals surface area (Å²) in [5, 5.41) is 8.89. The maximum absolute atomic E-state index is 15.1. The second-order valence-electron chi connectivity index (χ2n) is 6.66. The Kier molecular flexibility index (Phi) is 6.04. The third kappa shape index (κ3) is 4.26. The van der Waals surface area contributed by atoms with E-state index >= 15 is 4.39 Å². The number of ether oxygens (including phenoxy) is 1. The van der Waals surface area contributed by atoms with E-state index in [-0.39, 0.29) is 12.2 Å². The van der Waals surface area contributed by atoms with Crippen LogP contribution in [-0.4, -0.2) is 22.8 Å². The Bertz CT molecular complexity index is 1230. The van der Waals surface area contributed by atoms with Crippen molar-refractivity contribution in [2.24, 2.45) is 10.3 Å². The van der Waals surface area contributed by atoms with Crippen LogP contribution in [0.1, 0.15) is 11.6 Å². The fourth-order valence-electron chi connectivity index (χ4n) is 3.03. The van der Waals surface area contributed by atoms with Gasteiger partial charge < -0.3 is 4.74 Å². The van der Waals surface area contributed by atoms with Crippen LogP contribution >= 0.6 is 0 Å². The molecule has 4 rings (SSSR count). The van der Waals surface area contributed by atoms with Crippen LogP contribution in [0.5, 0.6) is 5.75 Å². The van der Waals surface area contributed by atoms with Gasteiger partial charge in [0.2, 0.25) is 0 Å². The number of aromatic nitrogens is 1. The lowest BCUT2D eigenvalue weighted by Crippen LogP contribution is -2.20. The van der Waals surface area contributed by atoms with Gasteiger partial charge in [-0.05, 0) is 36.4 Å². The highest BCUT2D eigenvalue weighted by molar-refractivity contribution is 7.86. The number of pyridine rings is 1.